The van der Waals surface area contributed by atoms with Crippen molar-refractivity contribution in [2.45, 2.75) is 12.8 Å². The zero-order valence-corrected chi connectivity index (χ0v) is 11.0. The van der Waals surface area contributed by atoms with Crippen molar-refractivity contribution in [2.24, 2.45) is 0 Å². The number of nitrogens with zero attached hydrogens (tertiary/aromatic N) is 2. The van der Waals surface area contributed by atoms with Crippen LogP contribution in [0.15, 0.2) is 0 Å². The van der Waals surface area contributed by atoms with Gasteiger partial charge in [-0.1, -0.05) is 0 Å². The SMILES string of the molecule is CN(C)CCCNCCCN1CCNCC1. The Morgan fingerprint density at radius 3 is 2.50 bits per heavy atom. The maximum absolute atomic E-state index is 3.51. The number of rotatable bonds is 8. The van der Waals surface area contributed by atoms with E-state index in [9.17, 15) is 0 Å². The van der Waals surface area contributed by atoms with E-state index in [1.807, 2.05) is 0 Å². The Hall–Kier alpha value is -0.160. The Morgan fingerprint density at radius 1 is 1.12 bits per heavy atom. The summed E-state index contributed by atoms with van der Waals surface area (Å²) in [5.74, 6) is 0. The molecule has 2 N–H and O–H groups in total. The van der Waals surface area contributed by atoms with Crippen molar-refractivity contribution in [3.05, 3.63) is 0 Å². The van der Waals surface area contributed by atoms with E-state index in [0.717, 1.165) is 26.2 Å². The molecule has 96 valence electrons. The first-order valence-electron chi connectivity index (χ1n) is 6.57. The van der Waals surface area contributed by atoms with E-state index in [1.165, 1.54) is 39.0 Å². The normalized spacial score (nSPS) is 18.2. The second kappa shape index (κ2) is 8.93. The Bertz CT molecular complexity index is 155. The van der Waals surface area contributed by atoms with Gasteiger partial charge >= 0.3 is 0 Å². The zero-order chi connectivity index (χ0) is 11.6. The lowest BCUT2D eigenvalue weighted by Gasteiger charge is -2.27. The van der Waals surface area contributed by atoms with Gasteiger partial charge in [0.1, 0.15) is 0 Å². The second-order valence-corrected chi connectivity index (χ2v) is 4.85. The molecule has 0 aromatic carbocycles. The fourth-order valence-corrected chi connectivity index (χ4v) is 2.01. The molecule has 0 aromatic heterocycles. The highest BCUT2D eigenvalue weighted by molar-refractivity contribution is 4.67. The molecule has 0 spiro atoms. The van der Waals surface area contributed by atoms with Gasteiger partial charge in [0, 0.05) is 26.2 Å². The minimum Gasteiger partial charge on any atom is -0.317 e. The summed E-state index contributed by atoms with van der Waals surface area (Å²) in [7, 11) is 4.26. The summed E-state index contributed by atoms with van der Waals surface area (Å²) in [6, 6.07) is 0. The lowest BCUT2D eigenvalue weighted by molar-refractivity contribution is 0.237. The maximum atomic E-state index is 3.51. The molecule has 4 nitrogen and oxygen atoms in total. The first kappa shape index (κ1) is 13.9. The van der Waals surface area contributed by atoms with Gasteiger partial charge in [0.2, 0.25) is 0 Å². The topological polar surface area (TPSA) is 30.5 Å². The summed E-state index contributed by atoms with van der Waals surface area (Å²) < 4.78 is 0. The minimum absolute atomic E-state index is 1.15. The van der Waals surface area contributed by atoms with Crippen molar-refractivity contribution in [3.8, 4) is 0 Å². The summed E-state index contributed by atoms with van der Waals surface area (Å²) in [6.07, 6.45) is 2.53. The zero-order valence-electron chi connectivity index (χ0n) is 11.0. The predicted molar refractivity (Wildman–Crippen MR) is 70.0 cm³/mol. The summed E-state index contributed by atoms with van der Waals surface area (Å²) >= 11 is 0. The Labute approximate surface area is 100 Å². The van der Waals surface area contributed by atoms with Crippen molar-refractivity contribution in [1.82, 2.24) is 20.4 Å². The first-order chi connectivity index (χ1) is 7.79. The fraction of sp³-hybridized carbons (Fsp3) is 1.00. The van der Waals surface area contributed by atoms with Crippen molar-refractivity contribution >= 4 is 0 Å². The van der Waals surface area contributed by atoms with E-state index >= 15 is 0 Å². The van der Waals surface area contributed by atoms with Gasteiger partial charge in [-0.25, -0.2) is 0 Å². The largest absolute Gasteiger partial charge is 0.317 e. The van der Waals surface area contributed by atoms with Crippen LogP contribution in [0.5, 0.6) is 0 Å². The number of hydrogen-bond donors (Lipinski definition) is 2. The van der Waals surface area contributed by atoms with Gasteiger partial charge in [-0.3, -0.25) is 0 Å². The molecule has 1 heterocycles. The quantitative estimate of drug-likeness (QED) is 0.565. The average Bonchev–Trinajstić information content (AvgIpc) is 2.29. The third kappa shape index (κ3) is 7.17. The highest BCUT2D eigenvalue weighted by atomic mass is 15.2. The van der Waals surface area contributed by atoms with Crippen LogP contribution in [0.3, 0.4) is 0 Å². The molecule has 0 saturated carbocycles. The molecule has 1 aliphatic rings. The average molecular weight is 228 g/mol. The third-order valence-electron chi connectivity index (χ3n) is 3.00. The molecular formula is C12H28N4. The number of piperazine rings is 1. The maximum Gasteiger partial charge on any atom is 0.0107 e. The first-order valence-corrected chi connectivity index (χ1v) is 6.57. The molecule has 1 fully saturated rings. The molecular weight excluding hydrogens is 200 g/mol. The number of hydrogen-bond acceptors (Lipinski definition) is 4. The van der Waals surface area contributed by atoms with Gasteiger partial charge in [-0.05, 0) is 53.1 Å². The Morgan fingerprint density at radius 2 is 1.81 bits per heavy atom. The van der Waals surface area contributed by atoms with Gasteiger partial charge < -0.3 is 20.4 Å². The molecule has 1 rings (SSSR count). The van der Waals surface area contributed by atoms with Crippen LogP contribution in [0.2, 0.25) is 0 Å². The van der Waals surface area contributed by atoms with E-state index in [2.05, 4.69) is 34.5 Å². The molecule has 0 aliphatic carbocycles. The number of nitrogens with one attached hydrogen (secondary N) is 2. The lowest BCUT2D eigenvalue weighted by Crippen LogP contribution is -2.44. The van der Waals surface area contributed by atoms with Crippen LogP contribution in [0, 0.1) is 0 Å². The van der Waals surface area contributed by atoms with Crippen molar-refractivity contribution in [1.29, 1.82) is 0 Å². The van der Waals surface area contributed by atoms with Crippen LogP contribution in [0.4, 0.5) is 0 Å². The molecule has 16 heavy (non-hydrogen) atoms. The summed E-state index contributed by atoms with van der Waals surface area (Å²) in [4.78, 5) is 4.79. The van der Waals surface area contributed by atoms with E-state index in [4.69, 9.17) is 0 Å². The van der Waals surface area contributed by atoms with E-state index in [-0.39, 0.29) is 0 Å². The summed E-state index contributed by atoms with van der Waals surface area (Å²) in [5, 5.41) is 6.89. The van der Waals surface area contributed by atoms with Crippen molar-refractivity contribution in [2.75, 3.05) is 66.5 Å². The van der Waals surface area contributed by atoms with E-state index in [1.54, 1.807) is 0 Å². The van der Waals surface area contributed by atoms with Crippen LogP contribution in [-0.4, -0.2) is 76.3 Å². The molecule has 0 bridgehead atoms. The fourth-order valence-electron chi connectivity index (χ4n) is 2.01. The molecule has 0 radical (unpaired) electrons. The molecule has 1 saturated heterocycles. The summed E-state index contributed by atoms with van der Waals surface area (Å²) in [6.45, 7) is 9.53. The standard InChI is InChI=1S/C12H28N4/c1-15(2)9-3-5-13-6-4-10-16-11-7-14-8-12-16/h13-14H,3-12H2,1-2H3. The Balaban J connectivity index is 1.80. The van der Waals surface area contributed by atoms with Gasteiger partial charge in [0.05, 0.1) is 0 Å². The van der Waals surface area contributed by atoms with Crippen LogP contribution in [0.25, 0.3) is 0 Å². The molecule has 4 heteroatoms. The highest BCUT2D eigenvalue weighted by Gasteiger charge is 2.07. The molecule has 0 unspecified atom stereocenters. The smallest absolute Gasteiger partial charge is 0.0107 e. The second-order valence-electron chi connectivity index (χ2n) is 4.85. The van der Waals surface area contributed by atoms with Gasteiger partial charge in [0.15, 0.2) is 0 Å². The highest BCUT2D eigenvalue weighted by Crippen LogP contribution is 1.93. The van der Waals surface area contributed by atoms with Crippen LogP contribution < -0.4 is 10.6 Å². The summed E-state index contributed by atoms with van der Waals surface area (Å²) in [5.41, 5.74) is 0. The van der Waals surface area contributed by atoms with Gasteiger partial charge in [-0.2, -0.15) is 0 Å². The van der Waals surface area contributed by atoms with Gasteiger partial charge in [0.25, 0.3) is 0 Å². The molecule has 1 aliphatic heterocycles. The predicted octanol–water partition coefficient (Wildman–Crippen LogP) is -0.177. The van der Waals surface area contributed by atoms with E-state index < -0.39 is 0 Å². The van der Waals surface area contributed by atoms with Crippen LogP contribution >= 0.6 is 0 Å². The lowest BCUT2D eigenvalue weighted by atomic mass is 10.3. The molecule has 0 atom stereocenters. The third-order valence-corrected chi connectivity index (χ3v) is 3.00. The molecule has 0 amide bonds. The van der Waals surface area contributed by atoms with Gasteiger partial charge in [-0.15, -0.1) is 0 Å². The van der Waals surface area contributed by atoms with E-state index in [0.29, 0.717) is 0 Å². The minimum atomic E-state index is 1.15. The Kier molecular flexibility index (Phi) is 7.76. The molecule has 0 aromatic rings. The van der Waals surface area contributed by atoms with Crippen molar-refractivity contribution in [3.63, 3.8) is 0 Å². The van der Waals surface area contributed by atoms with Crippen molar-refractivity contribution < 1.29 is 0 Å². The van der Waals surface area contributed by atoms with Crippen LogP contribution in [0.1, 0.15) is 12.8 Å². The van der Waals surface area contributed by atoms with Crippen LogP contribution in [-0.2, 0) is 0 Å². The monoisotopic (exact) mass is 228 g/mol.